The van der Waals surface area contributed by atoms with Gasteiger partial charge in [-0.2, -0.15) is 0 Å². The van der Waals surface area contributed by atoms with E-state index in [0.717, 1.165) is 5.69 Å². The average Bonchev–Trinajstić information content (AvgIpc) is 2.60. The Hall–Kier alpha value is -2.08. The Balaban J connectivity index is 2.26. The standard InChI is InChI=1S/C20H30N2O4/c1-14(2)8-10-20(19(25)26)13-22(11-9-17(20)23)18(24)15-6-5-7-16(12-15)21(3)4/h5-7,12,14,17,23H,8-11,13H2,1-4H3,(H,25,26)/t17-,20-/m1/s1. The summed E-state index contributed by atoms with van der Waals surface area (Å²) in [7, 11) is 3.81. The number of carbonyl (C=O) groups excluding carboxylic acids is 1. The number of carboxylic acid groups (broad SMARTS) is 1. The maximum atomic E-state index is 13.0. The maximum absolute atomic E-state index is 13.0. The number of aliphatic hydroxyl groups excluding tert-OH is 1. The third kappa shape index (κ3) is 4.18. The SMILES string of the molecule is CC(C)CC[C@@]1(C(=O)O)CN(C(=O)c2cccc(N(C)C)c2)CC[C@H]1O. The number of benzene rings is 1. The van der Waals surface area contributed by atoms with Gasteiger partial charge in [0.05, 0.1) is 6.10 Å². The van der Waals surface area contributed by atoms with Crippen LogP contribution < -0.4 is 4.90 Å². The monoisotopic (exact) mass is 362 g/mol. The molecule has 6 nitrogen and oxygen atoms in total. The average molecular weight is 362 g/mol. The van der Waals surface area contributed by atoms with E-state index in [1.165, 1.54) is 0 Å². The first kappa shape index (κ1) is 20.2. The highest BCUT2D eigenvalue weighted by molar-refractivity contribution is 5.95. The molecule has 1 aliphatic rings. The second-order valence-electron chi connectivity index (χ2n) is 7.87. The number of hydrogen-bond donors (Lipinski definition) is 2. The molecule has 2 N–H and O–H groups in total. The summed E-state index contributed by atoms with van der Waals surface area (Å²) in [6.45, 7) is 4.46. The van der Waals surface area contributed by atoms with Crippen molar-refractivity contribution in [3.05, 3.63) is 29.8 Å². The molecule has 1 amide bonds. The number of aliphatic hydroxyl groups is 1. The Labute approximate surface area is 155 Å². The van der Waals surface area contributed by atoms with E-state index < -0.39 is 17.5 Å². The Morgan fingerprint density at radius 2 is 2.04 bits per heavy atom. The predicted octanol–water partition coefficient (Wildman–Crippen LogP) is 2.47. The molecule has 144 valence electrons. The summed E-state index contributed by atoms with van der Waals surface area (Å²) in [5, 5.41) is 20.3. The van der Waals surface area contributed by atoms with Crippen LogP contribution in [0.3, 0.4) is 0 Å². The molecule has 2 rings (SSSR count). The van der Waals surface area contributed by atoms with Gasteiger partial charge in [0.25, 0.3) is 5.91 Å². The molecule has 1 saturated heterocycles. The Morgan fingerprint density at radius 3 is 2.62 bits per heavy atom. The molecule has 6 heteroatoms. The zero-order valence-corrected chi connectivity index (χ0v) is 16.1. The lowest BCUT2D eigenvalue weighted by atomic mass is 9.72. The topological polar surface area (TPSA) is 81.1 Å². The molecule has 26 heavy (non-hydrogen) atoms. The molecule has 1 aliphatic heterocycles. The van der Waals surface area contributed by atoms with Gasteiger partial charge in [0.15, 0.2) is 0 Å². The highest BCUT2D eigenvalue weighted by atomic mass is 16.4. The Bertz CT molecular complexity index is 659. The second kappa shape index (κ2) is 8.08. The van der Waals surface area contributed by atoms with Gasteiger partial charge in [-0.25, -0.2) is 0 Å². The van der Waals surface area contributed by atoms with E-state index in [9.17, 15) is 19.8 Å². The first-order valence-electron chi connectivity index (χ1n) is 9.15. The molecule has 0 bridgehead atoms. The molecular formula is C20H30N2O4. The van der Waals surface area contributed by atoms with Crippen LogP contribution in [-0.4, -0.2) is 60.3 Å². The fraction of sp³-hybridized carbons (Fsp3) is 0.600. The number of rotatable bonds is 6. The van der Waals surface area contributed by atoms with E-state index in [1.807, 2.05) is 51.0 Å². The summed E-state index contributed by atoms with van der Waals surface area (Å²) < 4.78 is 0. The summed E-state index contributed by atoms with van der Waals surface area (Å²) in [5.41, 5.74) is 0.157. The van der Waals surface area contributed by atoms with Crippen LogP contribution in [0.2, 0.25) is 0 Å². The van der Waals surface area contributed by atoms with Crippen molar-refractivity contribution in [2.24, 2.45) is 11.3 Å². The summed E-state index contributed by atoms with van der Waals surface area (Å²) >= 11 is 0. The number of likely N-dealkylation sites (tertiary alicyclic amines) is 1. The van der Waals surface area contributed by atoms with Crippen LogP contribution in [0.1, 0.15) is 43.5 Å². The highest BCUT2D eigenvalue weighted by Crippen LogP contribution is 2.37. The van der Waals surface area contributed by atoms with Crippen LogP contribution in [0.25, 0.3) is 0 Å². The lowest BCUT2D eigenvalue weighted by Gasteiger charge is -2.43. The fourth-order valence-corrected chi connectivity index (χ4v) is 3.46. The van der Waals surface area contributed by atoms with Gasteiger partial charge in [-0.15, -0.1) is 0 Å². The van der Waals surface area contributed by atoms with Crippen molar-refractivity contribution < 1.29 is 19.8 Å². The van der Waals surface area contributed by atoms with E-state index in [4.69, 9.17) is 0 Å². The van der Waals surface area contributed by atoms with Crippen LogP contribution in [0, 0.1) is 11.3 Å². The first-order valence-corrected chi connectivity index (χ1v) is 9.15. The second-order valence-corrected chi connectivity index (χ2v) is 7.87. The Kier molecular flexibility index (Phi) is 6.29. The predicted molar refractivity (Wildman–Crippen MR) is 101 cm³/mol. The van der Waals surface area contributed by atoms with Crippen LogP contribution in [0.5, 0.6) is 0 Å². The first-order chi connectivity index (χ1) is 12.2. The normalized spacial score (nSPS) is 23.2. The van der Waals surface area contributed by atoms with Gasteiger partial charge < -0.3 is 20.0 Å². The molecule has 1 fully saturated rings. The van der Waals surface area contributed by atoms with Gasteiger partial charge in [0.2, 0.25) is 0 Å². The quantitative estimate of drug-likeness (QED) is 0.812. The summed E-state index contributed by atoms with van der Waals surface area (Å²) in [4.78, 5) is 28.5. The zero-order chi connectivity index (χ0) is 19.5. The number of carboxylic acids is 1. The lowest BCUT2D eigenvalue weighted by molar-refractivity contribution is -0.163. The summed E-state index contributed by atoms with van der Waals surface area (Å²) in [5.74, 6) is -0.873. The van der Waals surface area contributed by atoms with E-state index in [-0.39, 0.29) is 18.9 Å². The summed E-state index contributed by atoms with van der Waals surface area (Å²) in [6.07, 6.45) is 0.407. The van der Waals surface area contributed by atoms with Gasteiger partial charge in [-0.3, -0.25) is 9.59 Å². The van der Waals surface area contributed by atoms with E-state index in [1.54, 1.807) is 11.0 Å². The number of anilines is 1. The van der Waals surface area contributed by atoms with E-state index >= 15 is 0 Å². The van der Waals surface area contributed by atoms with Crippen molar-refractivity contribution in [3.63, 3.8) is 0 Å². The third-order valence-electron chi connectivity index (χ3n) is 5.27. The number of amides is 1. The minimum absolute atomic E-state index is 0.0429. The number of hydrogen-bond acceptors (Lipinski definition) is 4. The van der Waals surface area contributed by atoms with Crippen molar-refractivity contribution in [3.8, 4) is 0 Å². The van der Waals surface area contributed by atoms with Crippen molar-refractivity contribution in [1.29, 1.82) is 0 Å². The minimum atomic E-state index is -1.29. The number of carbonyl (C=O) groups is 2. The molecule has 1 aromatic rings. The number of piperidine rings is 1. The molecule has 1 aromatic carbocycles. The van der Waals surface area contributed by atoms with Crippen molar-refractivity contribution in [2.45, 2.75) is 39.2 Å². The molecule has 0 radical (unpaired) electrons. The summed E-state index contributed by atoms with van der Waals surface area (Å²) in [6, 6.07) is 7.30. The molecule has 0 aromatic heterocycles. The zero-order valence-electron chi connectivity index (χ0n) is 16.1. The highest BCUT2D eigenvalue weighted by Gasteiger charge is 2.49. The van der Waals surface area contributed by atoms with E-state index in [0.29, 0.717) is 30.9 Å². The minimum Gasteiger partial charge on any atom is -0.481 e. The molecule has 0 spiro atoms. The molecule has 0 saturated carbocycles. The van der Waals surface area contributed by atoms with Gasteiger partial charge >= 0.3 is 5.97 Å². The van der Waals surface area contributed by atoms with Gasteiger partial charge in [-0.1, -0.05) is 19.9 Å². The number of aliphatic carboxylic acids is 1. The number of nitrogens with zero attached hydrogens (tertiary/aromatic N) is 2. The Morgan fingerprint density at radius 1 is 1.35 bits per heavy atom. The van der Waals surface area contributed by atoms with Crippen molar-refractivity contribution >= 4 is 17.6 Å². The molecule has 1 heterocycles. The largest absolute Gasteiger partial charge is 0.481 e. The lowest BCUT2D eigenvalue weighted by Crippen LogP contribution is -2.57. The van der Waals surface area contributed by atoms with Gasteiger partial charge in [0, 0.05) is 38.4 Å². The molecule has 0 unspecified atom stereocenters. The van der Waals surface area contributed by atoms with Crippen LogP contribution in [-0.2, 0) is 4.79 Å². The maximum Gasteiger partial charge on any atom is 0.314 e. The van der Waals surface area contributed by atoms with Crippen molar-refractivity contribution in [1.82, 2.24) is 4.90 Å². The van der Waals surface area contributed by atoms with E-state index in [2.05, 4.69) is 0 Å². The van der Waals surface area contributed by atoms with Crippen LogP contribution in [0.4, 0.5) is 5.69 Å². The van der Waals surface area contributed by atoms with Crippen LogP contribution in [0.15, 0.2) is 24.3 Å². The van der Waals surface area contributed by atoms with Crippen molar-refractivity contribution in [2.75, 3.05) is 32.1 Å². The van der Waals surface area contributed by atoms with Gasteiger partial charge in [0.1, 0.15) is 5.41 Å². The van der Waals surface area contributed by atoms with Crippen LogP contribution >= 0.6 is 0 Å². The smallest absolute Gasteiger partial charge is 0.314 e. The van der Waals surface area contributed by atoms with Gasteiger partial charge in [-0.05, 0) is 43.4 Å². The fourth-order valence-electron chi connectivity index (χ4n) is 3.46. The molecule has 0 aliphatic carbocycles. The molecular weight excluding hydrogens is 332 g/mol. The third-order valence-corrected chi connectivity index (χ3v) is 5.27. The molecule has 2 atom stereocenters.